The van der Waals surface area contributed by atoms with Gasteiger partial charge in [0.15, 0.2) is 5.78 Å². The third kappa shape index (κ3) is 1.94. The second-order valence-corrected chi connectivity index (χ2v) is 3.12. The molecule has 0 radical (unpaired) electrons. The first kappa shape index (κ1) is 11.9. The Morgan fingerprint density at radius 1 is 1.62 bits per heavy atom. The normalized spacial score (nSPS) is 9.50. The minimum Gasteiger partial charge on any atom is -0.398 e. The van der Waals surface area contributed by atoms with Crippen LogP contribution in [0.5, 0.6) is 0 Å². The smallest absolute Gasteiger partial charge is 0.299 e. The number of nitro benzene ring substituents is 1. The van der Waals surface area contributed by atoms with E-state index >= 15 is 0 Å². The van der Waals surface area contributed by atoms with E-state index in [0.29, 0.717) is 0 Å². The number of nitriles is 1. The monoisotopic (exact) mass is 239 g/mol. The van der Waals surface area contributed by atoms with E-state index in [0.717, 1.165) is 0 Å². The zero-order valence-corrected chi connectivity index (χ0v) is 8.69. The van der Waals surface area contributed by atoms with E-state index in [1.54, 1.807) is 6.07 Å². The molecule has 7 heteroatoms. The highest BCUT2D eigenvalue weighted by Crippen LogP contribution is 2.29. The van der Waals surface area contributed by atoms with Crippen molar-refractivity contribution in [1.82, 2.24) is 0 Å². The number of nitrogen functional groups attached to an aromatic ring is 1. The van der Waals surface area contributed by atoms with Gasteiger partial charge in [-0.25, -0.2) is 0 Å². The zero-order chi connectivity index (χ0) is 12.3. The summed E-state index contributed by atoms with van der Waals surface area (Å²) in [4.78, 5) is 21.4. The van der Waals surface area contributed by atoms with Gasteiger partial charge in [-0.1, -0.05) is 0 Å². The number of nitrogens with two attached hydrogens (primary N) is 1. The zero-order valence-electron chi connectivity index (χ0n) is 7.94. The molecule has 6 nitrogen and oxygen atoms in total. The van der Waals surface area contributed by atoms with E-state index in [1.165, 1.54) is 12.1 Å². The number of Topliss-reactive ketones (excluding diaryl/α,β-unsaturated/α-hetero) is 1. The Labute approximate surface area is 95.4 Å². The van der Waals surface area contributed by atoms with Crippen molar-refractivity contribution in [3.05, 3.63) is 33.4 Å². The van der Waals surface area contributed by atoms with E-state index in [4.69, 9.17) is 22.6 Å². The van der Waals surface area contributed by atoms with Gasteiger partial charge in [0.2, 0.25) is 0 Å². The Morgan fingerprint density at radius 3 is 2.69 bits per heavy atom. The molecule has 82 valence electrons. The molecule has 0 aliphatic rings. The van der Waals surface area contributed by atoms with Crippen LogP contribution in [-0.2, 0) is 0 Å². The van der Waals surface area contributed by atoms with Crippen LogP contribution in [0.25, 0.3) is 0 Å². The van der Waals surface area contributed by atoms with Crippen LogP contribution in [0.3, 0.4) is 0 Å². The van der Waals surface area contributed by atoms with Gasteiger partial charge in [-0.2, -0.15) is 5.26 Å². The molecule has 0 bridgehead atoms. The van der Waals surface area contributed by atoms with Crippen molar-refractivity contribution in [1.29, 1.82) is 5.26 Å². The lowest BCUT2D eigenvalue weighted by atomic mass is 10.0. The molecule has 0 amide bonds. The molecule has 0 fully saturated rings. The predicted octanol–water partition coefficient (Wildman–Crippen LogP) is 1.47. The maximum atomic E-state index is 11.4. The minimum absolute atomic E-state index is 0.0589. The lowest BCUT2D eigenvalue weighted by Crippen LogP contribution is -2.10. The first-order valence-corrected chi connectivity index (χ1v) is 4.62. The number of benzene rings is 1. The summed E-state index contributed by atoms with van der Waals surface area (Å²) >= 11 is 5.32. The third-order valence-electron chi connectivity index (χ3n) is 1.91. The molecule has 0 aliphatic carbocycles. The van der Waals surface area contributed by atoms with Crippen LogP contribution >= 0.6 is 11.6 Å². The van der Waals surface area contributed by atoms with Gasteiger partial charge in [-0.05, 0) is 12.1 Å². The fourth-order valence-corrected chi connectivity index (χ4v) is 1.38. The summed E-state index contributed by atoms with van der Waals surface area (Å²) in [6.45, 7) is 0. The molecule has 0 spiro atoms. The van der Waals surface area contributed by atoms with Crippen LogP contribution in [0.15, 0.2) is 12.1 Å². The number of rotatable bonds is 3. The Bertz CT molecular complexity index is 507. The van der Waals surface area contributed by atoms with Crippen molar-refractivity contribution >= 4 is 28.8 Å². The summed E-state index contributed by atoms with van der Waals surface area (Å²) < 4.78 is 0. The Balaban J connectivity index is 3.62. The van der Waals surface area contributed by atoms with Crippen molar-refractivity contribution in [3.8, 4) is 6.07 Å². The maximum absolute atomic E-state index is 11.4. The van der Waals surface area contributed by atoms with Gasteiger partial charge in [-0.15, -0.1) is 11.6 Å². The summed E-state index contributed by atoms with van der Waals surface area (Å²) in [5, 5.41) is 19.5. The van der Waals surface area contributed by atoms with Crippen molar-refractivity contribution in [2.75, 3.05) is 11.6 Å². The average Bonchev–Trinajstić information content (AvgIpc) is 2.27. The molecule has 0 saturated carbocycles. The third-order valence-corrected chi connectivity index (χ3v) is 2.16. The van der Waals surface area contributed by atoms with Gasteiger partial charge in [-0.3, -0.25) is 14.9 Å². The van der Waals surface area contributed by atoms with E-state index in [-0.39, 0.29) is 16.8 Å². The number of ketones is 1. The Morgan fingerprint density at radius 2 is 2.25 bits per heavy atom. The van der Waals surface area contributed by atoms with Gasteiger partial charge in [0.25, 0.3) is 5.69 Å². The van der Waals surface area contributed by atoms with Crippen LogP contribution < -0.4 is 5.73 Å². The second kappa shape index (κ2) is 4.59. The number of carbonyl (C=O) groups excluding carboxylic acids is 1. The Kier molecular flexibility index (Phi) is 3.43. The molecular weight excluding hydrogens is 234 g/mol. The SMILES string of the molecule is N#Cc1ccc(N)c(C(=O)CCl)c1[N+](=O)[O-]. The second-order valence-electron chi connectivity index (χ2n) is 2.85. The lowest BCUT2D eigenvalue weighted by molar-refractivity contribution is -0.385. The molecular formula is C9H6ClN3O3. The highest BCUT2D eigenvalue weighted by atomic mass is 35.5. The van der Waals surface area contributed by atoms with Crippen molar-refractivity contribution in [2.24, 2.45) is 0 Å². The highest BCUT2D eigenvalue weighted by molar-refractivity contribution is 6.31. The van der Waals surface area contributed by atoms with Crippen LogP contribution in [0.2, 0.25) is 0 Å². The fourth-order valence-electron chi connectivity index (χ4n) is 1.25. The average molecular weight is 240 g/mol. The number of alkyl halides is 1. The van der Waals surface area contributed by atoms with Crippen molar-refractivity contribution < 1.29 is 9.72 Å². The number of halogens is 1. The van der Waals surface area contributed by atoms with Crippen LogP contribution in [-0.4, -0.2) is 16.6 Å². The summed E-state index contributed by atoms with van der Waals surface area (Å²) in [5.74, 6) is -1.11. The topological polar surface area (TPSA) is 110 Å². The van der Waals surface area contributed by atoms with Crippen LogP contribution in [0.1, 0.15) is 15.9 Å². The lowest BCUT2D eigenvalue weighted by Gasteiger charge is -2.04. The molecule has 1 rings (SSSR count). The van der Waals surface area contributed by atoms with Gasteiger partial charge in [0, 0.05) is 5.69 Å². The molecule has 0 aromatic heterocycles. The van der Waals surface area contributed by atoms with Crippen LogP contribution in [0.4, 0.5) is 11.4 Å². The molecule has 1 aromatic carbocycles. The van der Waals surface area contributed by atoms with E-state index in [1.807, 2.05) is 0 Å². The van der Waals surface area contributed by atoms with Gasteiger partial charge in [0.05, 0.1) is 10.8 Å². The molecule has 16 heavy (non-hydrogen) atoms. The number of nitrogens with zero attached hydrogens (tertiary/aromatic N) is 2. The first-order chi connectivity index (χ1) is 7.52. The number of hydrogen-bond acceptors (Lipinski definition) is 5. The van der Waals surface area contributed by atoms with Crippen molar-refractivity contribution in [3.63, 3.8) is 0 Å². The van der Waals surface area contributed by atoms with Gasteiger partial charge in [0.1, 0.15) is 17.2 Å². The van der Waals surface area contributed by atoms with E-state index in [2.05, 4.69) is 0 Å². The molecule has 0 saturated heterocycles. The van der Waals surface area contributed by atoms with Crippen LogP contribution in [0, 0.1) is 21.4 Å². The molecule has 0 heterocycles. The number of carbonyl (C=O) groups is 1. The molecule has 2 N–H and O–H groups in total. The standard InChI is InChI=1S/C9H6ClN3O3/c10-3-7(14)8-6(12)2-1-5(4-11)9(8)13(15)16/h1-2H,3,12H2. The number of anilines is 1. The molecule has 0 aliphatic heterocycles. The first-order valence-electron chi connectivity index (χ1n) is 4.09. The van der Waals surface area contributed by atoms with Gasteiger partial charge < -0.3 is 5.73 Å². The van der Waals surface area contributed by atoms with E-state index in [9.17, 15) is 14.9 Å². The largest absolute Gasteiger partial charge is 0.398 e. The maximum Gasteiger partial charge on any atom is 0.299 e. The van der Waals surface area contributed by atoms with E-state index < -0.39 is 22.3 Å². The molecule has 0 atom stereocenters. The number of nitro groups is 1. The quantitative estimate of drug-likeness (QED) is 0.282. The number of hydrogen-bond donors (Lipinski definition) is 1. The van der Waals surface area contributed by atoms with Crippen molar-refractivity contribution in [2.45, 2.75) is 0 Å². The molecule has 0 unspecified atom stereocenters. The summed E-state index contributed by atoms with van der Waals surface area (Å²) in [6, 6.07) is 4.09. The molecule has 1 aromatic rings. The fraction of sp³-hybridized carbons (Fsp3) is 0.111. The summed E-state index contributed by atoms with van der Waals surface area (Å²) in [6.07, 6.45) is 0. The highest BCUT2D eigenvalue weighted by Gasteiger charge is 2.26. The Hall–Kier alpha value is -2.13. The summed E-state index contributed by atoms with van der Waals surface area (Å²) in [7, 11) is 0. The minimum atomic E-state index is -0.811. The summed E-state index contributed by atoms with van der Waals surface area (Å²) in [5.41, 5.74) is 4.30. The predicted molar refractivity (Wildman–Crippen MR) is 57.3 cm³/mol. The van der Waals surface area contributed by atoms with Gasteiger partial charge >= 0.3 is 0 Å².